The molecular weight excluding hydrogens is 275 g/mol. The van der Waals surface area contributed by atoms with Gasteiger partial charge in [-0.2, -0.15) is 0 Å². The van der Waals surface area contributed by atoms with E-state index in [9.17, 15) is 9.18 Å². The van der Waals surface area contributed by atoms with Crippen LogP contribution in [0.5, 0.6) is 0 Å². The molecule has 0 aliphatic carbocycles. The number of nitrogens with zero attached hydrogens (tertiary/aromatic N) is 2. The third-order valence-electron chi connectivity index (χ3n) is 2.75. The van der Waals surface area contributed by atoms with Gasteiger partial charge in [-0.15, -0.1) is 10.2 Å². The molecular formula is C15H15FN2O3. The number of benzene rings is 1. The zero-order chi connectivity index (χ0) is 15.4. The Morgan fingerprint density at radius 1 is 1.33 bits per heavy atom. The predicted molar refractivity (Wildman–Crippen MR) is 73.6 cm³/mol. The van der Waals surface area contributed by atoms with Crippen LogP contribution in [0, 0.1) is 12.7 Å². The van der Waals surface area contributed by atoms with Crippen LogP contribution in [0.2, 0.25) is 0 Å². The van der Waals surface area contributed by atoms with Crippen molar-refractivity contribution in [3.05, 3.63) is 53.0 Å². The van der Waals surface area contributed by atoms with Crippen LogP contribution >= 0.6 is 0 Å². The Kier molecular flexibility index (Phi) is 4.47. The van der Waals surface area contributed by atoms with Gasteiger partial charge in [0.1, 0.15) is 5.82 Å². The Hall–Kier alpha value is -2.50. The Morgan fingerprint density at radius 3 is 2.57 bits per heavy atom. The summed E-state index contributed by atoms with van der Waals surface area (Å²) in [6, 6.07) is 5.82. The molecule has 5 nitrogen and oxygen atoms in total. The summed E-state index contributed by atoms with van der Waals surface area (Å²) in [6.07, 6.45) is 0.989. The van der Waals surface area contributed by atoms with Crippen molar-refractivity contribution in [2.45, 2.75) is 26.9 Å². The Labute approximate surface area is 121 Å². The SMILES string of the molecule is C/C(=C\c1ccc(F)cc1)C(=O)O[C@H](C)c1nnc(C)o1. The lowest BCUT2D eigenvalue weighted by atomic mass is 10.1. The third kappa shape index (κ3) is 3.98. The molecule has 0 spiro atoms. The zero-order valence-corrected chi connectivity index (χ0v) is 12.0. The molecule has 0 bridgehead atoms. The fraction of sp³-hybridized carbons (Fsp3) is 0.267. The molecule has 110 valence electrons. The minimum atomic E-state index is -0.629. The van der Waals surface area contributed by atoms with E-state index in [1.54, 1.807) is 39.0 Å². The monoisotopic (exact) mass is 290 g/mol. The van der Waals surface area contributed by atoms with Crippen LogP contribution in [0.4, 0.5) is 4.39 Å². The van der Waals surface area contributed by atoms with Crippen LogP contribution in [0.3, 0.4) is 0 Å². The van der Waals surface area contributed by atoms with Gasteiger partial charge in [-0.05, 0) is 37.6 Å². The van der Waals surface area contributed by atoms with E-state index in [1.807, 2.05) is 0 Å². The Balaban J connectivity index is 2.03. The van der Waals surface area contributed by atoms with Crippen molar-refractivity contribution < 1.29 is 18.3 Å². The number of ether oxygens (including phenoxy) is 1. The number of carbonyl (C=O) groups is 1. The van der Waals surface area contributed by atoms with Crippen molar-refractivity contribution in [2.75, 3.05) is 0 Å². The van der Waals surface area contributed by atoms with Crippen LogP contribution in [0.1, 0.15) is 37.3 Å². The molecule has 0 fully saturated rings. The maximum Gasteiger partial charge on any atom is 0.334 e. The molecule has 2 rings (SSSR count). The second-order valence-corrected chi connectivity index (χ2v) is 4.59. The van der Waals surface area contributed by atoms with E-state index in [0.717, 1.165) is 0 Å². The van der Waals surface area contributed by atoms with Crippen molar-refractivity contribution in [2.24, 2.45) is 0 Å². The first-order chi connectivity index (χ1) is 9.95. The third-order valence-corrected chi connectivity index (χ3v) is 2.75. The van der Waals surface area contributed by atoms with Gasteiger partial charge in [0.2, 0.25) is 5.89 Å². The van der Waals surface area contributed by atoms with Gasteiger partial charge in [0.05, 0.1) is 0 Å². The molecule has 0 N–H and O–H groups in total. The van der Waals surface area contributed by atoms with Crippen molar-refractivity contribution in [1.29, 1.82) is 0 Å². The molecule has 0 aliphatic heterocycles. The number of halogens is 1. The smallest absolute Gasteiger partial charge is 0.334 e. The summed E-state index contributed by atoms with van der Waals surface area (Å²) in [5.41, 5.74) is 1.11. The van der Waals surface area contributed by atoms with Gasteiger partial charge in [-0.3, -0.25) is 0 Å². The number of hydrogen-bond acceptors (Lipinski definition) is 5. The lowest BCUT2D eigenvalue weighted by Gasteiger charge is -2.09. The Bertz CT molecular complexity index is 662. The van der Waals surface area contributed by atoms with E-state index in [4.69, 9.17) is 9.15 Å². The van der Waals surface area contributed by atoms with Gasteiger partial charge in [-0.1, -0.05) is 12.1 Å². The van der Waals surface area contributed by atoms with Gasteiger partial charge in [0, 0.05) is 12.5 Å². The average molecular weight is 290 g/mol. The summed E-state index contributed by atoms with van der Waals surface area (Å²) in [5.74, 6) is -0.169. The molecule has 1 aromatic carbocycles. The highest BCUT2D eigenvalue weighted by molar-refractivity contribution is 5.93. The molecule has 0 aliphatic rings. The number of aromatic nitrogens is 2. The van der Waals surface area contributed by atoms with E-state index < -0.39 is 12.1 Å². The zero-order valence-electron chi connectivity index (χ0n) is 12.0. The molecule has 21 heavy (non-hydrogen) atoms. The molecule has 0 saturated carbocycles. The molecule has 1 aromatic heterocycles. The van der Waals surface area contributed by atoms with Crippen LogP contribution in [-0.4, -0.2) is 16.2 Å². The standard InChI is InChI=1S/C15H15FN2O3/c1-9(8-12-4-6-13(16)7-5-12)15(19)20-10(2)14-18-17-11(3)21-14/h4-8,10H,1-3H3/b9-8+/t10-/m1/s1. The summed E-state index contributed by atoms with van der Waals surface area (Å²) in [7, 11) is 0. The molecule has 2 aromatic rings. The highest BCUT2D eigenvalue weighted by atomic mass is 19.1. The van der Waals surface area contributed by atoms with Crippen molar-refractivity contribution in [3.8, 4) is 0 Å². The van der Waals surface area contributed by atoms with Crippen LogP contribution in [-0.2, 0) is 9.53 Å². The Morgan fingerprint density at radius 2 is 2.00 bits per heavy atom. The van der Waals surface area contributed by atoms with Gasteiger partial charge in [0.25, 0.3) is 5.89 Å². The number of carbonyl (C=O) groups excluding carboxylic acids is 1. The number of aryl methyl sites for hydroxylation is 1. The van der Waals surface area contributed by atoms with Crippen molar-refractivity contribution >= 4 is 12.0 Å². The van der Waals surface area contributed by atoms with E-state index in [-0.39, 0.29) is 11.7 Å². The highest BCUT2D eigenvalue weighted by Gasteiger charge is 2.18. The first kappa shape index (κ1) is 14.9. The fourth-order valence-electron chi connectivity index (χ4n) is 1.65. The quantitative estimate of drug-likeness (QED) is 0.639. The van der Waals surface area contributed by atoms with E-state index in [0.29, 0.717) is 17.0 Å². The molecule has 6 heteroatoms. The maximum atomic E-state index is 12.8. The van der Waals surface area contributed by atoms with Gasteiger partial charge in [0.15, 0.2) is 6.10 Å². The summed E-state index contributed by atoms with van der Waals surface area (Å²) in [6.45, 7) is 4.93. The van der Waals surface area contributed by atoms with Gasteiger partial charge in [-0.25, -0.2) is 9.18 Å². The largest absolute Gasteiger partial charge is 0.449 e. The van der Waals surface area contributed by atoms with Crippen molar-refractivity contribution in [3.63, 3.8) is 0 Å². The first-order valence-electron chi connectivity index (χ1n) is 6.40. The first-order valence-corrected chi connectivity index (χ1v) is 6.40. The van der Waals surface area contributed by atoms with E-state index >= 15 is 0 Å². The van der Waals surface area contributed by atoms with Crippen molar-refractivity contribution in [1.82, 2.24) is 10.2 Å². The molecule has 0 amide bonds. The van der Waals surface area contributed by atoms with E-state index in [2.05, 4.69) is 10.2 Å². The summed E-state index contributed by atoms with van der Waals surface area (Å²) >= 11 is 0. The van der Waals surface area contributed by atoms with Gasteiger partial charge >= 0.3 is 5.97 Å². The minimum absolute atomic E-state index is 0.246. The lowest BCUT2D eigenvalue weighted by molar-refractivity contribution is -0.144. The molecule has 1 heterocycles. The van der Waals surface area contributed by atoms with Gasteiger partial charge < -0.3 is 9.15 Å². The minimum Gasteiger partial charge on any atom is -0.449 e. The summed E-state index contributed by atoms with van der Waals surface area (Å²) in [4.78, 5) is 12.0. The maximum absolute atomic E-state index is 12.8. The molecule has 0 unspecified atom stereocenters. The molecule has 0 radical (unpaired) electrons. The second-order valence-electron chi connectivity index (χ2n) is 4.59. The highest BCUT2D eigenvalue weighted by Crippen LogP contribution is 2.17. The fourth-order valence-corrected chi connectivity index (χ4v) is 1.65. The summed E-state index contributed by atoms with van der Waals surface area (Å²) in [5, 5.41) is 7.47. The molecule has 0 saturated heterocycles. The average Bonchev–Trinajstić information content (AvgIpc) is 2.88. The van der Waals surface area contributed by atoms with Crippen LogP contribution < -0.4 is 0 Å². The van der Waals surface area contributed by atoms with Crippen LogP contribution in [0.25, 0.3) is 6.08 Å². The normalized spacial score (nSPS) is 13.0. The number of rotatable bonds is 4. The summed E-state index contributed by atoms with van der Waals surface area (Å²) < 4.78 is 23.2. The predicted octanol–water partition coefficient (Wildman–Crippen LogP) is 3.22. The second kappa shape index (κ2) is 6.30. The number of hydrogen-bond donors (Lipinski definition) is 0. The van der Waals surface area contributed by atoms with Crippen LogP contribution in [0.15, 0.2) is 34.3 Å². The van der Waals surface area contributed by atoms with E-state index in [1.165, 1.54) is 12.1 Å². The number of esters is 1. The molecule has 1 atom stereocenters. The lowest BCUT2D eigenvalue weighted by Crippen LogP contribution is -2.10. The topological polar surface area (TPSA) is 65.2 Å².